The minimum absolute atomic E-state index is 0.0185. The lowest BCUT2D eigenvalue weighted by Gasteiger charge is -2.44. The summed E-state index contributed by atoms with van der Waals surface area (Å²) in [6.07, 6.45) is -1.79. The van der Waals surface area contributed by atoms with Crippen molar-refractivity contribution < 1.29 is 176 Å². The van der Waals surface area contributed by atoms with Crippen LogP contribution < -0.4 is 58.9 Å². The second-order valence-electron chi connectivity index (χ2n) is 35.7. The van der Waals surface area contributed by atoms with Gasteiger partial charge in [-0.05, 0) is 103 Å². The fourth-order valence-corrected chi connectivity index (χ4v) is 16.2. The monoisotopic (exact) mass is 2070 g/mol. The summed E-state index contributed by atoms with van der Waals surface area (Å²) in [5, 5.41) is 28.3. The average molecular weight is 2070 g/mol. The average Bonchev–Trinajstić information content (AvgIpc) is 0.790. The van der Waals surface area contributed by atoms with Crippen LogP contribution in [0.1, 0.15) is 269 Å². The van der Waals surface area contributed by atoms with Crippen LogP contribution >= 0.6 is 0 Å². The predicted molar refractivity (Wildman–Crippen MR) is 511 cm³/mol. The lowest BCUT2D eigenvalue weighted by Crippen LogP contribution is -2.66. The van der Waals surface area contributed by atoms with Crippen molar-refractivity contribution in [2.24, 2.45) is 5.73 Å². The number of hydrogen-bond acceptors (Lipinski definition) is 38. The number of rotatable bonds is 73. The first-order valence-corrected chi connectivity index (χ1v) is 50.5. The molecule has 4 aliphatic rings. The van der Waals surface area contributed by atoms with Gasteiger partial charge in [0.15, 0.2) is 55.5 Å². The highest BCUT2D eigenvalue weighted by Crippen LogP contribution is 2.34. The van der Waals surface area contributed by atoms with Gasteiger partial charge in [0.05, 0.1) is 25.9 Å². The smallest absolute Gasteiger partial charge is 0.303 e. The van der Waals surface area contributed by atoms with Crippen LogP contribution in [-0.2, 0) is 176 Å². The Hall–Kier alpha value is -10.7. The number of nitrogens with one attached hydrogen (secondary N) is 10. The Morgan fingerprint density at radius 3 is 0.828 bits per heavy atom. The molecule has 0 aromatic carbocycles. The molecule has 3 saturated heterocycles. The summed E-state index contributed by atoms with van der Waals surface area (Å²) in [6, 6.07) is -3.30. The van der Waals surface area contributed by atoms with E-state index in [-0.39, 0.29) is 165 Å². The molecule has 12 N–H and O–H groups in total. The topological polar surface area (TPSA) is 637 Å². The van der Waals surface area contributed by atoms with E-state index in [1.54, 1.807) is 6.08 Å². The van der Waals surface area contributed by atoms with Crippen LogP contribution in [0.4, 0.5) is 0 Å². The zero-order valence-electron chi connectivity index (χ0n) is 86.2. The predicted octanol–water partition coefficient (Wildman–Crippen LogP) is 2.19. The van der Waals surface area contributed by atoms with Crippen molar-refractivity contribution in [3.8, 4) is 0 Å². The maximum absolute atomic E-state index is 14.0. The zero-order chi connectivity index (χ0) is 107. The molecule has 10 amide bonds. The molecule has 3 heterocycles. The standard InChI is InChI=1S/C97H159N11O37/c1-60(109)106-84-91(140-69(10)118)88(137-66(7)115)75(57-134-63(4)112)143-95(84)131-49-32-18-15-25-42-99-78(121)35-21-29-45-102-81(124)38-52-128-73-55-72(94(127)105-48-28-14-13-24-41-98)56-74(129-53-39-82(125)103-46-30-22-36-79(122)100-43-26-16-19-33-50-132-96-85(107-61(2)110)92(141-70(11)119)89(138-67(8)116)76(144-96)58-135-64(5)113)87(73)130-54-40-83(126)104-47-31-23-37-80(123)101-44-27-17-20-34-51-133-97-86(108-62(3)111)93(142-71(12)120)90(139-68(9)117)77(145-97)59-136-65(6)114/h55,73-77,84-93,95-97H,13-54,56-59,98H2,1-12H3,(H,99,121)(H,100,122)(H,101,123)(H,102,124)(H,103,125)(H,104,126)(H,105,127)(H,106,109)(H,107,110)(H,108,111)/t73-,74-,75-,76-,77-,84-,85-,86-,87-,88+,89+,90+,91-,92-,93-,95-,96-,97-/m1/s1. The fourth-order valence-electron chi connectivity index (χ4n) is 16.2. The van der Waals surface area contributed by atoms with E-state index in [0.717, 1.165) is 60.8 Å². The molecule has 1 aliphatic carbocycles. The molecule has 824 valence electrons. The fraction of sp³-hybridized carbons (Fsp3) is 0.784. The second kappa shape index (κ2) is 73.4. The largest absolute Gasteiger partial charge is 0.463 e. The van der Waals surface area contributed by atoms with Gasteiger partial charge in [-0.3, -0.25) is 91.1 Å². The molecule has 0 radical (unpaired) electrons. The minimum Gasteiger partial charge on any atom is -0.463 e. The van der Waals surface area contributed by atoms with Gasteiger partial charge >= 0.3 is 53.7 Å². The van der Waals surface area contributed by atoms with Gasteiger partial charge in [-0.2, -0.15) is 0 Å². The van der Waals surface area contributed by atoms with Crippen molar-refractivity contribution in [2.45, 2.75) is 380 Å². The molecule has 0 aromatic rings. The number of ether oxygens (including phenoxy) is 18. The van der Waals surface area contributed by atoms with Crippen molar-refractivity contribution >= 4 is 113 Å². The molecule has 0 spiro atoms. The normalized spacial score (nSPS) is 22.6. The summed E-state index contributed by atoms with van der Waals surface area (Å²) in [4.78, 5) is 238. The van der Waals surface area contributed by atoms with Crippen LogP contribution in [0, 0.1) is 0 Å². The minimum atomic E-state index is -1.26. The van der Waals surface area contributed by atoms with Crippen molar-refractivity contribution in [1.29, 1.82) is 0 Å². The van der Waals surface area contributed by atoms with E-state index in [0.29, 0.717) is 160 Å². The molecule has 3 aliphatic heterocycles. The first kappa shape index (κ1) is 127. The Morgan fingerprint density at radius 2 is 0.538 bits per heavy atom. The van der Waals surface area contributed by atoms with Gasteiger partial charge in [-0.15, -0.1) is 0 Å². The molecular formula is C97H159N11O37. The van der Waals surface area contributed by atoms with Gasteiger partial charge < -0.3 is 144 Å². The highest BCUT2D eigenvalue weighted by Gasteiger charge is 2.55. The molecule has 0 bridgehead atoms. The third kappa shape index (κ3) is 55.6. The summed E-state index contributed by atoms with van der Waals surface area (Å²) in [5.41, 5.74) is 6.02. The van der Waals surface area contributed by atoms with Crippen LogP contribution in [-0.4, -0.2) is 335 Å². The van der Waals surface area contributed by atoms with E-state index in [2.05, 4.69) is 53.2 Å². The number of unbranched alkanes of at least 4 members (excludes halogenated alkanes) is 15. The quantitative estimate of drug-likeness (QED) is 0.0236. The summed E-state index contributed by atoms with van der Waals surface area (Å²) in [7, 11) is 0. The van der Waals surface area contributed by atoms with Gasteiger partial charge in [-0.1, -0.05) is 51.4 Å². The Bertz CT molecular complexity index is 4070. The molecule has 145 heavy (non-hydrogen) atoms. The molecular weight excluding hydrogens is 1910 g/mol. The van der Waals surface area contributed by atoms with Crippen molar-refractivity contribution in [3.63, 3.8) is 0 Å². The van der Waals surface area contributed by atoms with Crippen LogP contribution in [0.2, 0.25) is 0 Å². The highest BCUT2D eigenvalue weighted by atomic mass is 16.7. The SMILES string of the molecule is CC(=O)N[C@H]1[C@H](OCCCCCCNC(=O)CCCCNC(=O)CCO[C@@H]2[C@H](OCCC(=O)NCCCCC(=O)NCCCCCCO[C@@H]3O[C@H](COC(C)=O)[C@H](OC(C)=O)[C@H](OC(C)=O)[C@H]3NC(C)=O)C=C(C(=O)NCCCCCCN)C[C@H]2OCCC(=O)NCCCCC(=O)NCCCCCCO[C@@H]2O[C@H](COC(C)=O)[C@H](OC(C)=O)[C@H](OC(C)=O)[C@H]2NC(C)=O)O[C@H](COC(C)=O)[C@H](OC(C)=O)[C@@H]1OC(C)=O. The van der Waals surface area contributed by atoms with Crippen molar-refractivity contribution in [1.82, 2.24) is 53.2 Å². The van der Waals surface area contributed by atoms with E-state index in [9.17, 15) is 91.1 Å². The first-order valence-electron chi connectivity index (χ1n) is 50.5. The lowest BCUT2D eigenvalue weighted by atomic mass is 9.91. The lowest BCUT2D eigenvalue weighted by molar-refractivity contribution is -0.277. The third-order valence-electron chi connectivity index (χ3n) is 22.8. The summed E-state index contributed by atoms with van der Waals surface area (Å²) in [5.74, 6) is -9.84. The number of carbonyl (C=O) groups is 19. The summed E-state index contributed by atoms with van der Waals surface area (Å²) >= 11 is 0. The van der Waals surface area contributed by atoms with Gasteiger partial charge in [0.1, 0.15) is 68.5 Å². The highest BCUT2D eigenvalue weighted by molar-refractivity contribution is 5.94. The summed E-state index contributed by atoms with van der Waals surface area (Å²) < 4.78 is 104. The van der Waals surface area contributed by atoms with E-state index in [1.165, 1.54) is 41.5 Å². The Kier molecular flexibility index (Phi) is 64.0. The van der Waals surface area contributed by atoms with Crippen LogP contribution in [0.25, 0.3) is 0 Å². The van der Waals surface area contributed by atoms with Crippen molar-refractivity contribution in [3.05, 3.63) is 11.6 Å². The third-order valence-corrected chi connectivity index (χ3v) is 22.8. The maximum atomic E-state index is 14.0. The number of hydrogen-bond donors (Lipinski definition) is 11. The molecule has 48 nitrogen and oxygen atoms in total. The summed E-state index contributed by atoms with van der Waals surface area (Å²) in [6.45, 7) is 15.9. The number of amides is 10. The van der Waals surface area contributed by atoms with E-state index >= 15 is 0 Å². The van der Waals surface area contributed by atoms with Crippen LogP contribution in [0.5, 0.6) is 0 Å². The van der Waals surface area contributed by atoms with Gasteiger partial charge in [0.2, 0.25) is 59.1 Å². The van der Waals surface area contributed by atoms with E-state index in [1.807, 2.05) is 0 Å². The maximum Gasteiger partial charge on any atom is 0.303 e. The molecule has 18 atom stereocenters. The van der Waals surface area contributed by atoms with Gasteiger partial charge in [0, 0.05) is 199 Å². The van der Waals surface area contributed by atoms with Gasteiger partial charge in [-0.25, -0.2) is 0 Å². The van der Waals surface area contributed by atoms with E-state index < -0.39 is 182 Å². The van der Waals surface area contributed by atoms with Crippen LogP contribution in [0.15, 0.2) is 11.6 Å². The Labute approximate surface area is 847 Å². The number of nitrogens with two attached hydrogens (primary N) is 1. The van der Waals surface area contributed by atoms with E-state index in [4.69, 9.17) is 91.0 Å². The van der Waals surface area contributed by atoms with Crippen LogP contribution in [0.3, 0.4) is 0 Å². The Morgan fingerprint density at radius 1 is 0.276 bits per heavy atom. The molecule has 4 rings (SSSR count). The number of carbonyl (C=O) groups excluding carboxylic acids is 19. The molecule has 0 aromatic heterocycles. The van der Waals surface area contributed by atoms with Gasteiger partial charge in [0.25, 0.3) is 0 Å². The molecule has 48 heteroatoms. The Balaban J connectivity index is 1.30. The first-order chi connectivity index (χ1) is 69.2. The van der Waals surface area contributed by atoms with Crippen molar-refractivity contribution in [2.75, 3.05) is 112 Å². The molecule has 0 saturated carbocycles. The number of esters is 9. The molecule has 0 unspecified atom stereocenters. The molecule has 3 fully saturated rings. The second-order valence-corrected chi connectivity index (χ2v) is 35.7. The zero-order valence-corrected chi connectivity index (χ0v) is 86.2.